The lowest BCUT2D eigenvalue weighted by Gasteiger charge is -2.13. The van der Waals surface area contributed by atoms with Crippen LogP contribution >= 0.6 is 0 Å². The molecule has 3 nitrogen and oxygen atoms in total. The van der Waals surface area contributed by atoms with Crippen molar-refractivity contribution < 1.29 is 9.90 Å². The smallest absolute Gasteiger partial charge is 0.223 e. The molecule has 3 heteroatoms. The van der Waals surface area contributed by atoms with Gasteiger partial charge in [0.25, 0.3) is 0 Å². The lowest BCUT2D eigenvalue weighted by molar-refractivity contribution is -0.125. The Morgan fingerprint density at radius 1 is 1.20 bits per heavy atom. The molecule has 2 atom stereocenters. The van der Waals surface area contributed by atoms with E-state index in [0.29, 0.717) is 5.92 Å². The van der Waals surface area contributed by atoms with E-state index in [2.05, 4.69) is 5.32 Å². The van der Waals surface area contributed by atoms with Crippen molar-refractivity contribution >= 4 is 5.91 Å². The van der Waals surface area contributed by atoms with Crippen LogP contribution in [-0.2, 0) is 4.79 Å². The molecular weight excluding hydrogens is 190 g/mol. The molecule has 0 aliphatic heterocycles. The molecule has 2 unspecified atom stereocenters. The summed E-state index contributed by atoms with van der Waals surface area (Å²) in [5.41, 5.74) is 0. The van der Waals surface area contributed by atoms with Crippen molar-refractivity contribution in [3.05, 3.63) is 0 Å². The van der Waals surface area contributed by atoms with Crippen LogP contribution in [-0.4, -0.2) is 23.7 Å². The van der Waals surface area contributed by atoms with E-state index in [1.807, 2.05) is 0 Å². The molecule has 2 N–H and O–H groups in total. The normalized spacial score (nSPS) is 32.1. The maximum atomic E-state index is 11.7. The highest BCUT2D eigenvalue weighted by atomic mass is 16.3. The number of carbonyl (C=O) groups excluding carboxylic acids is 1. The second-order valence-corrected chi connectivity index (χ2v) is 5.06. The topological polar surface area (TPSA) is 49.3 Å². The maximum Gasteiger partial charge on any atom is 0.223 e. The summed E-state index contributed by atoms with van der Waals surface area (Å²) in [7, 11) is 0. The first-order chi connectivity index (χ1) is 7.25. The fraction of sp³-hybridized carbons (Fsp3) is 0.917. The highest BCUT2D eigenvalue weighted by Gasteiger charge is 2.26. The quantitative estimate of drug-likeness (QED) is 0.742. The summed E-state index contributed by atoms with van der Waals surface area (Å²) in [6.07, 6.45) is 7.26. The van der Waals surface area contributed by atoms with Crippen LogP contribution in [0.25, 0.3) is 0 Å². The molecule has 2 rings (SSSR count). The SMILES string of the molecule is O=C(NCC1CCC(O)C1)C1CCCC1. The van der Waals surface area contributed by atoms with Crippen LogP contribution in [0.5, 0.6) is 0 Å². The van der Waals surface area contributed by atoms with Crippen molar-refractivity contribution in [1.29, 1.82) is 0 Å². The number of hydrogen-bond donors (Lipinski definition) is 2. The number of amides is 1. The number of aliphatic hydroxyl groups excluding tert-OH is 1. The number of carbonyl (C=O) groups is 1. The zero-order valence-corrected chi connectivity index (χ0v) is 9.24. The number of rotatable bonds is 3. The molecule has 1 amide bonds. The van der Waals surface area contributed by atoms with Crippen molar-refractivity contribution in [2.45, 2.75) is 51.0 Å². The Kier molecular flexibility index (Phi) is 3.62. The van der Waals surface area contributed by atoms with Crippen LogP contribution in [0.4, 0.5) is 0 Å². The van der Waals surface area contributed by atoms with Gasteiger partial charge in [0.05, 0.1) is 6.10 Å². The molecule has 0 aromatic heterocycles. The summed E-state index contributed by atoms with van der Waals surface area (Å²) >= 11 is 0. The molecule has 0 spiro atoms. The van der Waals surface area contributed by atoms with E-state index in [-0.39, 0.29) is 17.9 Å². The summed E-state index contributed by atoms with van der Waals surface area (Å²) in [5.74, 6) is 1.02. The van der Waals surface area contributed by atoms with Crippen molar-refractivity contribution in [1.82, 2.24) is 5.32 Å². The number of hydrogen-bond acceptors (Lipinski definition) is 2. The van der Waals surface area contributed by atoms with Crippen LogP contribution in [0.2, 0.25) is 0 Å². The molecule has 86 valence electrons. The van der Waals surface area contributed by atoms with Gasteiger partial charge in [0.15, 0.2) is 0 Å². The Morgan fingerprint density at radius 3 is 2.53 bits per heavy atom. The molecule has 0 saturated heterocycles. The first-order valence-electron chi connectivity index (χ1n) is 6.21. The predicted molar refractivity (Wildman–Crippen MR) is 58.3 cm³/mol. The van der Waals surface area contributed by atoms with Gasteiger partial charge in [0, 0.05) is 12.5 Å². The minimum atomic E-state index is -0.126. The lowest BCUT2D eigenvalue weighted by atomic mass is 10.1. The lowest BCUT2D eigenvalue weighted by Crippen LogP contribution is -2.33. The van der Waals surface area contributed by atoms with Crippen LogP contribution in [0.15, 0.2) is 0 Å². The average Bonchev–Trinajstić information content (AvgIpc) is 2.84. The van der Waals surface area contributed by atoms with Crippen LogP contribution in [0, 0.1) is 11.8 Å². The molecule has 0 aromatic rings. The minimum Gasteiger partial charge on any atom is -0.393 e. The van der Waals surface area contributed by atoms with Gasteiger partial charge in [-0.25, -0.2) is 0 Å². The van der Waals surface area contributed by atoms with E-state index >= 15 is 0 Å². The van der Waals surface area contributed by atoms with E-state index in [1.54, 1.807) is 0 Å². The van der Waals surface area contributed by atoms with Gasteiger partial charge in [-0.05, 0) is 38.0 Å². The van der Waals surface area contributed by atoms with Gasteiger partial charge in [-0.1, -0.05) is 12.8 Å². The second-order valence-electron chi connectivity index (χ2n) is 5.06. The molecule has 0 bridgehead atoms. The maximum absolute atomic E-state index is 11.7. The van der Waals surface area contributed by atoms with E-state index in [4.69, 9.17) is 0 Å². The van der Waals surface area contributed by atoms with E-state index < -0.39 is 0 Å². The van der Waals surface area contributed by atoms with Gasteiger partial charge >= 0.3 is 0 Å². The van der Waals surface area contributed by atoms with Crippen LogP contribution in [0.1, 0.15) is 44.9 Å². The van der Waals surface area contributed by atoms with Gasteiger partial charge in [-0.15, -0.1) is 0 Å². The molecule has 0 radical (unpaired) electrons. The Hall–Kier alpha value is -0.570. The Bertz CT molecular complexity index is 224. The van der Waals surface area contributed by atoms with Gasteiger partial charge < -0.3 is 10.4 Å². The molecule has 15 heavy (non-hydrogen) atoms. The van der Waals surface area contributed by atoms with Gasteiger partial charge in [0.1, 0.15) is 0 Å². The van der Waals surface area contributed by atoms with Gasteiger partial charge in [0.2, 0.25) is 5.91 Å². The summed E-state index contributed by atoms with van der Waals surface area (Å²) in [6.45, 7) is 0.770. The summed E-state index contributed by atoms with van der Waals surface area (Å²) in [5, 5.41) is 12.4. The highest BCUT2D eigenvalue weighted by Crippen LogP contribution is 2.26. The van der Waals surface area contributed by atoms with E-state index in [9.17, 15) is 9.90 Å². The van der Waals surface area contributed by atoms with Crippen molar-refractivity contribution in [2.24, 2.45) is 11.8 Å². The summed E-state index contributed by atoms with van der Waals surface area (Å²) in [6, 6.07) is 0. The molecule has 2 saturated carbocycles. The largest absolute Gasteiger partial charge is 0.393 e. The standard InChI is InChI=1S/C12H21NO2/c14-11-6-5-9(7-11)8-13-12(15)10-3-1-2-4-10/h9-11,14H,1-8H2,(H,13,15). The number of nitrogens with one attached hydrogen (secondary N) is 1. The fourth-order valence-electron chi connectivity index (χ4n) is 2.81. The van der Waals surface area contributed by atoms with Crippen molar-refractivity contribution in [3.63, 3.8) is 0 Å². The third-order valence-electron chi connectivity index (χ3n) is 3.80. The third kappa shape index (κ3) is 2.94. The summed E-state index contributed by atoms with van der Waals surface area (Å²) in [4.78, 5) is 11.7. The first kappa shape index (κ1) is 10.9. The third-order valence-corrected chi connectivity index (χ3v) is 3.80. The molecule has 2 aliphatic rings. The fourth-order valence-corrected chi connectivity index (χ4v) is 2.81. The molecule has 2 aliphatic carbocycles. The first-order valence-corrected chi connectivity index (χ1v) is 6.21. The van der Waals surface area contributed by atoms with Crippen LogP contribution < -0.4 is 5.32 Å². The average molecular weight is 211 g/mol. The summed E-state index contributed by atoms with van der Waals surface area (Å²) < 4.78 is 0. The monoisotopic (exact) mass is 211 g/mol. The van der Waals surface area contributed by atoms with Crippen molar-refractivity contribution in [3.8, 4) is 0 Å². The minimum absolute atomic E-state index is 0.126. The zero-order chi connectivity index (χ0) is 10.7. The second kappa shape index (κ2) is 4.97. The number of aliphatic hydroxyl groups is 1. The van der Waals surface area contributed by atoms with Gasteiger partial charge in [-0.2, -0.15) is 0 Å². The molecule has 2 fully saturated rings. The van der Waals surface area contributed by atoms with Crippen LogP contribution in [0.3, 0.4) is 0 Å². The zero-order valence-electron chi connectivity index (χ0n) is 9.24. The Labute approximate surface area is 91.2 Å². The van der Waals surface area contributed by atoms with E-state index in [0.717, 1.165) is 38.6 Å². The predicted octanol–water partition coefficient (Wildman–Crippen LogP) is 1.45. The van der Waals surface area contributed by atoms with E-state index in [1.165, 1.54) is 12.8 Å². The highest BCUT2D eigenvalue weighted by molar-refractivity contribution is 5.78. The van der Waals surface area contributed by atoms with Crippen molar-refractivity contribution in [2.75, 3.05) is 6.54 Å². The molecular formula is C12H21NO2. The molecule has 0 aromatic carbocycles. The molecule has 0 heterocycles. The Morgan fingerprint density at radius 2 is 1.93 bits per heavy atom. The Balaban J connectivity index is 1.66. The van der Waals surface area contributed by atoms with Gasteiger partial charge in [-0.3, -0.25) is 4.79 Å².